The van der Waals surface area contributed by atoms with Crippen LogP contribution in [0.3, 0.4) is 0 Å². The predicted octanol–water partition coefficient (Wildman–Crippen LogP) is 1.42. The fourth-order valence-electron chi connectivity index (χ4n) is 1.94. The van der Waals surface area contributed by atoms with Crippen LogP contribution in [-0.4, -0.2) is 35.7 Å². The van der Waals surface area contributed by atoms with Gasteiger partial charge in [0.25, 0.3) is 0 Å². The van der Waals surface area contributed by atoms with E-state index in [0.29, 0.717) is 37.1 Å². The average molecular weight is 297 g/mol. The van der Waals surface area contributed by atoms with E-state index in [1.165, 1.54) is 0 Å². The molecular formula is C13H17ClN4O2. The van der Waals surface area contributed by atoms with Gasteiger partial charge in [0, 0.05) is 31.6 Å². The van der Waals surface area contributed by atoms with E-state index in [0.717, 1.165) is 11.0 Å². The Kier molecular flexibility index (Phi) is 4.81. The number of nitrogen functional groups attached to an aromatic ring is 1. The fourth-order valence-corrected chi connectivity index (χ4v) is 2.11. The third kappa shape index (κ3) is 3.40. The van der Waals surface area contributed by atoms with E-state index in [1.807, 2.05) is 6.07 Å². The van der Waals surface area contributed by atoms with Crippen molar-refractivity contribution in [1.29, 1.82) is 0 Å². The summed E-state index contributed by atoms with van der Waals surface area (Å²) < 4.78 is 6.66. The highest BCUT2D eigenvalue weighted by molar-refractivity contribution is 6.31. The smallest absolute Gasteiger partial charge is 0.221 e. The number of amides is 1. The molecule has 0 radical (unpaired) electrons. The molecule has 0 aliphatic carbocycles. The predicted molar refractivity (Wildman–Crippen MR) is 78.7 cm³/mol. The van der Waals surface area contributed by atoms with E-state index in [-0.39, 0.29) is 5.91 Å². The Morgan fingerprint density at radius 3 is 3.10 bits per heavy atom. The maximum Gasteiger partial charge on any atom is 0.221 e. The Balaban J connectivity index is 2.04. The van der Waals surface area contributed by atoms with Crippen molar-refractivity contribution in [2.45, 2.75) is 13.0 Å². The van der Waals surface area contributed by atoms with Crippen molar-refractivity contribution in [1.82, 2.24) is 14.9 Å². The number of carbonyl (C=O) groups excluding carboxylic acids is 1. The van der Waals surface area contributed by atoms with Crippen LogP contribution < -0.4 is 11.1 Å². The number of imidazole rings is 1. The molecule has 6 nitrogen and oxygen atoms in total. The van der Waals surface area contributed by atoms with Crippen LogP contribution >= 0.6 is 11.6 Å². The molecule has 20 heavy (non-hydrogen) atoms. The summed E-state index contributed by atoms with van der Waals surface area (Å²) in [5, 5.41) is 3.37. The molecular weight excluding hydrogens is 280 g/mol. The van der Waals surface area contributed by atoms with Gasteiger partial charge in [-0.05, 0) is 18.2 Å². The molecule has 1 aromatic carbocycles. The van der Waals surface area contributed by atoms with Crippen LogP contribution in [0.2, 0.25) is 5.02 Å². The van der Waals surface area contributed by atoms with Crippen molar-refractivity contribution in [3.8, 4) is 0 Å². The number of nitrogens with zero attached hydrogens (tertiary/aromatic N) is 2. The second-order valence-electron chi connectivity index (χ2n) is 4.35. The number of rotatable bonds is 6. The molecule has 0 aliphatic heterocycles. The highest BCUT2D eigenvalue weighted by Gasteiger charge is 2.10. The van der Waals surface area contributed by atoms with Gasteiger partial charge in [-0.2, -0.15) is 0 Å². The molecule has 1 aromatic heterocycles. The van der Waals surface area contributed by atoms with Gasteiger partial charge in [-0.25, -0.2) is 4.98 Å². The number of halogens is 1. The van der Waals surface area contributed by atoms with Gasteiger partial charge in [-0.1, -0.05) is 11.6 Å². The monoisotopic (exact) mass is 296 g/mol. The molecule has 2 rings (SSSR count). The first-order valence-electron chi connectivity index (χ1n) is 6.28. The largest absolute Gasteiger partial charge is 0.383 e. The zero-order valence-electron chi connectivity index (χ0n) is 11.2. The number of fused-ring (bicyclic) bond motifs is 1. The lowest BCUT2D eigenvalue weighted by atomic mass is 10.3. The van der Waals surface area contributed by atoms with Gasteiger partial charge in [0.2, 0.25) is 11.9 Å². The maximum atomic E-state index is 11.7. The summed E-state index contributed by atoms with van der Waals surface area (Å²) in [5.74, 6) is 0.331. The number of aryl methyl sites for hydroxylation is 1. The lowest BCUT2D eigenvalue weighted by molar-refractivity contribution is -0.121. The van der Waals surface area contributed by atoms with Gasteiger partial charge in [-0.15, -0.1) is 0 Å². The number of aromatic nitrogens is 2. The van der Waals surface area contributed by atoms with E-state index in [2.05, 4.69) is 10.3 Å². The molecule has 0 unspecified atom stereocenters. The summed E-state index contributed by atoms with van der Waals surface area (Å²) in [7, 11) is 1.59. The third-order valence-corrected chi connectivity index (χ3v) is 3.17. The SMILES string of the molecule is COCCNC(=O)CCn1c(N)nc2ccc(Cl)cc21. The van der Waals surface area contributed by atoms with Crippen LogP contribution in [-0.2, 0) is 16.1 Å². The standard InChI is InChI=1S/C13H17ClN4O2/c1-20-7-5-16-12(19)4-6-18-11-8-9(14)2-3-10(11)17-13(18)15/h2-3,8H,4-7H2,1H3,(H2,15,17)(H,16,19). The van der Waals surface area contributed by atoms with Crippen molar-refractivity contribution >= 4 is 34.5 Å². The summed E-state index contributed by atoms with van der Waals surface area (Å²) in [6.45, 7) is 1.46. The molecule has 0 atom stereocenters. The van der Waals surface area contributed by atoms with Gasteiger partial charge in [-0.3, -0.25) is 4.79 Å². The first-order valence-corrected chi connectivity index (χ1v) is 6.66. The Morgan fingerprint density at radius 2 is 2.35 bits per heavy atom. The van der Waals surface area contributed by atoms with E-state index in [9.17, 15) is 4.79 Å². The van der Waals surface area contributed by atoms with Crippen molar-refractivity contribution in [3.05, 3.63) is 23.2 Å². The number of nitrogens with two attached hydrogens (primary N) is 1. The van der Waals surface area contributed by atoms with Crippen molar-refractivity contribution in [3.63, 3.8) is 0 Å². The lowest BCUT2D eigenvalue weighted by Crippen LogP contribution is -2.27. The van der Waals surface area contributed by atoms with E-state index in [4.69, 9.17) is 22.1 Å². The number of methoxy groups -OCH3 is 1. The minimum absolute atomic E-state index is 0.0506. The molecule has 0 spiro atoms. The fraction of sp³-hybridized carbons (Fsp3) is 0.385. The number of hydrogen-bond acceptors (Lipinski definition) is 4. The van der Waals surface area contributed by atoms with E-state index in [1.54, 1.807) is 23.8 Å². The molecule has 3 N–H and O–H groups in total. The van der Waals surface area contributed by atoms with Crippen LogP contribution in [0.25, 0.3) is 11.0 Å². The highest BCUT2D eigenvalue weighted by atomic mass is 35.5. The molecule has 0 fully saturated rings. The number of nitrogens with one attached hydrogen (secondary N) is 1. The quantitative estimate of drug-likeness (QED) is 0.790. The van der Waals surface area contributed by atoms with E-state index < -0.39 is 0 Å². The molecule has 108 valence electrons. The molecule has 0 saturated carbocycles. The molecule has 0 bridgehead atoms. The first-order chi connectivity index (χ1) is 9.61. The average Bonchev–Trinajstić information content (AvgIpc) is 2.72. The van der Waals surface area contributed by atoms with Crippen molar-refractivity contribution in [2.24, 2.45) is 0 Å². The zero-order valence-corrected chi connectivity index (χ0v) is 12.0. The minimum Gasteiger partial charge on any atom is -0.383 e. The Hall–Kier alpha value is -1.79. The topological polar surface area (TPSA) is 82.2 Å². The van der Waals surface area contributed by atoms with Crippen LogP contribution in [0, 0.1) is 0 Å². The molecule has 2 aromatic rings. The van der Waals surface area contributed by atoms with Crippen LogP contribution in [0.5, 0.6) is 0 Å². The molecule has 1 heterocycles. The van der Waals surface area contributed by atoms with Crippen molar-refractivity contribution < 1.29 is 9.53 Å². The summed E-state index contributed by atoms with van der Waals surface area (Å²) in [4.78, 5) is 15.9. The number of carbonyl (C=O) groups is 1. The van der Waals surface area contributed by atoms with Crippen LogP contribution in [0.15, 0.2) is 18.2 Å². The van der Waals surface area contributed by atoms with E-state index >= 15 is 0 Å². The van der Waals surface area contributed by atoms with Gasteiger partial charge in [0.15, 0.2) is 0 Å². The summed E-state index contributed by atoms with van der Waals surface area (Å²) in [6, 6.07) is 5.37. The summed E-state index contributed by atoms with van der Waals surface area (Å²) in [6.07, 6.45) is 0.325. The number of benzene rings is 1. The van der Waals surface area contributed by atoms with Crippen LogP contribution in [0.1, 0.15) is 6.42 Å². The Morgan fingerprint density at radius 1 is 1.55 bits per heavy atom. The van der Waals surface area contributed by atoms with Gasteiger partial charge < -0.3 is 20.4 Å². The summed E-state index contributed by atoms with van der Waals surface area (Å²) in [5.41, 5.74) is 7.47. The number of anilines is 1. The van der Waals surface area contributed by atoms with Crippen molar-refractivity contribution in [2.75, 3.05) is 26.0 Å². The van der Waals surface area contributed by atoms with Gasteiger partial charge in [0.05, 0.1) is 17.6 Å². The highest BCUT2D eigenvalue weighted by Crippen LogP contribution is 2.22. The van der Waals surface area contributed by atoms with Gasteiger partial charge >= 0.3 is 0 Å². The Bertz CT molecular complexity index is 612. The molecule has 0 saturated heterocycles. The molecule has 7 heteroatoms. The summed E-state index contributed by atoms with van der Waals surface area (Å²) >= 11 is 5.97. The molecule has 1 amide bonds. The van der Waals surface area contributed by atoms with Gasteiger partial charge in [0.1, 0.15) is 0 Å². The van der Waals surface area contributed by atoms with Crippen LogP contribution in [0.4, 0.5) is 5.95 Å². The maximum absolute atomic E-state index is 11.7. The number of ether oxygens (including phenoxy) is 1. The third-order valence-electron chi connectivity index (χ3n) is 2.93. The zero-order chi connectivity index (χ0) is 14.5. The second kappa shape index (κ2) is 6.58. The Labute approximate surface area is 121 Å². The second-order valence-corrected chi connectivity index (χ2v) is 4.78. The minimum atomic E-state index is -0.0506. The first kappa shape index (κ1) is 14.6. The number of hydrogen-bond donors (Lipinski definition) is 2. The lowest BCUT2D eigenvalue weighted by Gasteiger charge is -2.07. The molecule has 0 aliphatic rings. The normalized spacial score (nSPS) is 10.9.